The average Bonchev–Trinajstić information content (AvgIpc) is 2.61. The van der Waals surface area contributed by atoms with E-state index >= 15 is 0 Å². The summed E-state index contributed by atoms with van der Waals surface area (Å²) >= 11 is 0. The molecule has 0 bridgehead atoms. The lowest BCUT2D eigenvalue weighted by atomic mass is 10.1. The number of hydrogen-bond donors (Lipinski definition) is 2. The SMILES string of the molecule is CCNC(=NCc1cccc(C#N)c1)NCCc1ccccc1F. The molecule has 5 heteroatoms. The van der Waals surface area contributed by atoms with E-state index in [2.05, 4.69) is 21.7 Å². The summed E-state index contributed by atoms with van der Waals surface area (Å²) < 4.78 is 13.6. The Hall–Kier alpha value is -2.87. The van der Waals surface area contributed by atoms with Crippen molar-refractivity contribution >= 4 is 5.96 Å². The molecule has 0 aromatic heterocycles. The highest BCUT2D eigenvalue weighted by molar-refractivity contribution is 5.79. The van der Waals surface area contributed by atoms with Crippen molar-refractivity contribution in [1.82, 2.24) is 10.6 Å². The number of benzene rings is 2. The van der Waals surface area contributed by atoms with Crippen molar-refractivity contribution in [2.45, 2.75) is 19.9 Å². The zero-order valence-corrected chi connectivity index (χ0v) is 13.7. The van der Waals surface area contributed by atoms with Gasteiger partial charge in [-0.25, -0.2) is 9.38 Å². The fraction of sp³-hybridized carbons (Fsp3) is 0.263. The van der Waals surface area contributed by atoms with Gasteiger partial charge in [0.2, 0.25) is 0 Å². The highest BCUT2D eigenvalue weighted by Gasteiger charge is 2.02. The van der Waals surface area contributed by atoms with Crippen LogP contribution in [0.5, 0.6) is 0 Å². The van der Waals surface area contributed by atoms with Crippen LogP contribution in [0.3, 0.4) is 0 Å². The minimum atomic E-state index is -0.186. The van der Waals surface area contributed by atoms with Crippen LogP contribution in [-0.2, 0) is 13.0 Å². The molecule has 0 aliphatic carbocycles. The van der Waals surface area contributed by atoms with Crippen molar-refractivity contribution in [3.63, 3.8) is 0 Å². The first-order valence-electron chi connectivity index (χ1n) is 7.97. The topological polar surface area (TPSA) is 60.2 Å². The first-order valence-corrected chi connectivity index (χ1v) is 7.97. The Morgan fingerprint density at radius 3 is 2.75 bits per heavy atom. The van der Waals surface area contributed by atoms with Gasteiger partial charge in [0.05, 0.1) is 18.2 Å². The van der Waals surface area contributed by atoms with Crippen molar-refractivity contribution in [2.24, 2.45) is 4.99 Å². The minimum Gasteiger partial charge on any atom is -0.357 e. The van der Waals surface area contributed by atoms with Crippen molar-refractivity contribution in [2.75, 3.05) is 13.1 Å². The number of nitriles is 1. The number of aliphatic imine (C=N–C) groups is 1. The van der Waals surface area contributed by atoms with Crippen molar-refractivity contribution in [3.8, 4) is 6.07 Å². The summed E-state index contributed by atoms with van der Waals surface area (Å²) in [6.45, 7) is 3.80. The van der Waals surface area contributed by atoms with E-state index in [9.17, 15) is 4.39 Å². The molecule has 0 fully saturated rings. The molecule has 124 valence electrons. The number of nitrogens with one attached hydrogen (secondary N) is 2. The van der Waals surface area contributed by atoms with Crippen LogP contribution in [-0.4, -0.2) is 19.0 Å². The van der Waals surface area contributed by atoms with Gasteiger partial charge in [-0.1, -0.05) is 30.3 Å². The molecule has 0 saturated carbocycles. The van der Waals surface area contributed by atoms with Crippen molar-refractivity contribution < 1.29 is 4.39 Å². The molecule has 2 aromatic carbocycles. The molecule has 0 amide bonds. The Labute approximate surface area is 142 Å². The number of halogens is 1. The van der Waals surface area contributed by atoms with Crippen LogP contribution in [0.1, 0.15) is 23.6 Å². The molecule has 0 heterocycles. The fourth-order valence-corrected chi connectivity index (χ4v) is 2.27. The molecule has 4 nitrogen and oxygen atoms in total. The van der Waals surface area contributed by atoms with Crippen LogP contribution in [0.25, 0.3) is 0 Å². The lowest BCUT2D eigenvalue weighted by molar-refractivity contribution is 0.606. The van der Waals surface area contributed by atoms with Crippen LogP contribution in [0, 0.1) is 17.1 Å². The van der Waals surface area contributed by atoms with Gasteiger partial charge in [0, 0.05) is 13.1 Å². The molecule has 0 atom stereocenters. The van der Waals surface area contributed by atoms with Crippen LogP contribution in [0.2, 0.25) is 0 Å². The molecule has 0 unspecified atom stereocenters. The monoisotopic (exact) mass is 324 g/mol. The van der Waals surface area contributed by atoms with Crippen molar-refractivity contribution in [3.05, 3.63) is 71.0 Å². The average molecular weight is 324 g/mol. The van der Waals surface area contributed by atoms with E-state index in [1.165, 1.54) is 6.07 Å². The summed E-state index contributed by atoms with van der Waals surface area (Å²) in [4.78, 5) is 4.50. The van der Waals surface area contributed by atoms with Gasteiger partial charge in [-0.15, -0.1) is 0 Å². The van der Waals surface area contributed by atoms with Gasteiger partial charge >= 0.3 is 0 Å². The van der Waals surface area contributed by atoms with Crippen LogP contribution in [0.15, 0.2) is 53.5 Å². The normalized spacial score (nSPS) is 11.0. The summed E-state index contributed by atoms with van der Waals surface area (Å²) in [5.41, 5.74) is 2.28. The van der Waals surface area contributed by atoms with Gasteiger partial charge < -0.3 is 10.6 Å². The number of guanidine groups is 1. The van der Waals surface area contributed by atoms with E-state index in [0.29, 0.717) is 36.6 Å². The maximum atomic E-state index is 13.6. The molecule has 2 N–H and O–H groups in total. The molecule has 0 aliphatic heterocycles. The largest absolute Gasteiger partial charge is 0.357 e. The molecule has 2 rings (SSSR count). The summed E-state index contributed by atoms with van der Waals surface area (Å²) in [7, 11) is 0. The Kier molecular flexibility index (Phi) is 6.78. The third-order valence-corrected chi connectivity index (χ3v) is 3.46. The lowest BCUT2D eigenvalue weighted by Crippen LogP contribution is -2.38. The first-order chi connectivity index (χ1) is 11.7. The van der Waals surface area contributed by atoms with E-state index in [4.69, 9.17) is 5.26 Å². The Morgan fingerprint density at radius 2 is 2.00 bits per heavy atom. The van der Waals surface area contributed by atoms with E-state index in [1.54, 1.807) is 18.2 Å². The molecule has 24 heavy (non-hydrogen) atoms. The fourth-order valence-electron chi connectivity index (χ4n) is 2.27. The zero-order chi connectivity index (χ0) is 17.2. The van der Waals surface area contributed by atoms with Crippen molar-refractivity contribution in [1.29, 1.82) is 5.26 Å². The Bertz CT molecular complexity index is 734. The summed E-state index contributed by atoms with van der Waals surface area (Å²) in [6.07, 6.45) is 0.584. The second-order valence-electron chi connectivity index (χ2n) is 5.28. The number of rotatable bonds is 6. The Balaban J connectivity index is 1.93. The Morgan fingerprint density at radius 1 is 1.17 bits per heavy atom. The van der Waals surface area contributed by atoms with E-state index in [0.717, 1.165) is 12.1 Å². The van der Waals surface area contributed by atoms with Gasteiger partial charge in [-0.3, -0.25) is 0 Å². The highest BCUT2D eigenvalue weighted by Crippen LogP contribution is 2.07. The highest BCUT2D eigenvalue weighted by atomic mass is 19.1. The number of hydrogen-bond acceptors (Lipinski definition) is 2. The standard InChI is InChI=1S/C19H21FN4/c1-2-22-19(23-11-10-17-8-3-4-9-18(17)20)24-14-16-7-5-6-15(12-16)13-21/h3-9,12H,2,10-11,14H2,1H3,(H2,22,23,24). The van der Waals surface area contributed by atoms with E-state index in [1.807, 2.05) is 31.2 Å². The predicted molar refractivity (Wildman–Crippen MR) is 94.1 cm³/mol. The van der Waals surface area contributed by atoms with Crippen LogP contribution >= 0.6 is 0 Å². The predicted octanol–water partition coefficient (Wildman–Crippen LogP) is 3.00. The van der Waals surface area contributed by atoms with Gasteiger partial charge in [0.15, 0.2) is 5.96 Å². The summed E-state index contributed by atoms with van der Waals surface area (Å²) in [5, 5.41) is 15.3. The molecule has 0 aliphatic rings. The smallest absolute Gasteiger partial charge is 0.191 e. The van der Waals surface area contributed by atoms with Gasteiger partial charge in [-0.2, -0.15) is 5.26 Å². The lowest BCUT2D eigenvalue weighted by Gasteiger charge is -2.11. The van der Waals surface area contributed by atoms with E-state index in [-0.39, 0.29) is 5.82 Å². The maximum absolute atomic E-state index is 13.6. The van der Waals surface area contributed by atoms with E-state index < -0.39 is 0 Å². The first kappa shape index (κ1) is 17.5. The van der Waals surface area contributed by atoms with Crippen LogP contribution < -0.4 is 10.6 Å². The number of nitrogens with zero attached hydrogens (tertiary/aromatic N) is 2. The molecule has 0 saturated heterocycles. The molecule has 2 aromatic rings. The maximum Gasteiger partial charge on any atom is 0.191 e. The third-order valence-electron chi connectivity index (χ3n) is 3.46. The summed E-state index contributed by atoms with van der Waals surface area (Å²) in [6, 6.07) is 16.3. The van der Waals surface area contributed by atoms with Gasteiger partial charge in [0.1, 0.15) is 5.82 Å². The molecular formula is C19H21FN4. The summed E-state index contributed by atoms with van der Waals surface area (Å²) in [5.74, 6) is 0.491. The molecule has 0 spiro atoms. The second kappa shape index (κ2) is 9.31. The van der Waals surface area contributed by atoms with Gasteiger partial charge in [-0.05, 0) is 42.7 Å². The van der Waals surface area contributed by atoms with Gasteiger partial charge in [0.25, 0.3) is 0 Å². The third kappa shape index (κ3) is 5.40. The second-order valence-corrected chi connectivity index (χ2v) is 5.28. The zero-order valence-electron chi connectivity index (χ0n) is 13.7. The minimum absolute atomic E-state index is 0.186. The molecule has 0 radical (unpaired) electrons. The molecular weight excluding hydrogens is 303 g/mol. The quantitative estimate of drug-likeness (QED) is 0.634. The van der Waals surface area contributed by atoms with Crippen LogP contribution in [0.4, 0.5) is 4.39 Å².